The Bertz CT molecular complexity index is 213. The molecule has 1 heteroatoms. The third kappa shape index (κ3) is 2.22. The maximum Gasteiger partial charge on any atom is 0.0568 e. The molecule has 0 saturated heterocycles. The summed E-state index contributed by atoms with van der Waals surface area (Å²) < 4.78 is 0. The zero-order valence-corrected chi connectivity index (χ0v) is 10.4. The van der Waals surface area contributed by atoms with Crippen LogP contribution in [0.3, 0.4) is 0 Å². The molecule has 0 bridgehead atoms. The van der Waals surface area contributed by atoms with E-state index in [-0.39, 0.29) is 6.10 Å². The van der Waals surface area contributed by atoms with Crippen molar-refractivity contribution in [3.05, 3.63) is 0 Å². The van der Waals surface area contributed by atoms with Crippen molar-refractivity contribution in [1.82, 2.24) is 0 Å². The van der Waals surface area contributed by atoms with Crippen LogP contribution in [-0.2, 0) is 0 Å². The van der Waals surface area contributed by atoms with Crippen molar-refractivity contribution in [3.63, 3.8) is 0 Å². The Morgan fingerprint density at radius 2 is 1.60 bits per heavy atom. The van der Waals surface area contributed by atoms with Crippen molar-refractivity contribution in [1.29, 1.82) is 0 Å². The molecule has 2 saturated carbocycles. The highest BCUT2D eigenvalue weighted by Gasteiger charge is 2.38. The minimum absolute atomic E-state index is 0.00958. The summed E-state index contributed by atoms with van der Waals surface area (Å²) in [6.07, 6.45) is 6.53. The van der Waals surface area contributed by atoms with Crippen LogP contribution in [0.25, 0.3) is 0 Å². The second-order valence-electron chi connectivity index (χ2n) is 6.20. The molecule has 1 N–H and O–H groups in total. The first-order chi connectivity index (χ1) is 7.09. The normalized spacial score (nSPS) is 52.0. The van der Waals surface area contributed by atoms with Gasteiger partial charge in [0.2, 0.25) is 0 Å². The van der Waals surface area contributed by atoms with Crippen LogP contribution in [0.5, 0.6) is 0 Å². The predicted octanol–water partition coefficient (Wildman–Crippen LogP) is 3.47. The standard InChI is InChI=1S/C14H26O/c1-9-4-5-12(8-10(9)2)13-6-7-14(15)11(13)3/h9-15H,4-8H2,1-3H3. The topological polar surface area (TPSA) is 20.2 Å². The van der Waals surface area contributed by atoms with Gasteiger partial charge in [0.05, 0.1) is 6.10 Å². The van der Waals surface area contributed by atoms with Gasteiger partial charge in [-0.15, -0.1) is 0 Å². The molecule has 0 aliphatic heterocycles. The fourth-order valence-electron chi connectivity index (χ4n) is 3.82. The smallest absolute Gasteiger partial charge is 0.0568 e. The summed E-state index contributed by atoms with van der Waals surface area (Å²) in [5.74, 6) is 4.09. The zero-order chi connectivity index (χ0) is 11.0. The van der Waals surface area contributed by atoms with Crippen LogP contribution in [0, 0.1) is 29.6 Å². The summed E-state index contributed by atoms with van der Waals surface area (Å²) in [6.45, 7) is 7.06. The van der Waals surface area contributed by atoms with Crippen molar-refractivity contribution in [2.75, 3.05) is 0 Å². The molecule has 0 aromatic rings. The maximum absolute atomic E-state index is 9.82. The van der Waals surface area contributed by atoms with Gasteiger partial charge < -0.3 is 5.11 Å². The first-order valence-electron chi connectivity index (χ1n) is 6.77. The van der Waals surface area contributed by atoms with Crippen LogP contribution >= 0.6 is 0 Å². The highest BCUT2D eigenvalue weighted by atomic mass is 16.3. The number of hydrogen-bond acceptors (Lipinski definition) is 1. The van der Waals surface area contributed by atoms with Crippen molar-refractivity contribution < 1.29 is 5.11 Å². The Morgan fingerprint density at radius 1 is 0.867 bits per heavy atom. The minimum Gasteiger partial charge on any atom is -0.393 e. The Labute approximate surface area is 94.3 Å². The van der Waals surface area contributed by atoms with Gasteiger partial charge in [0, 0.05) is 0 Å². The molecular formula is C14H26O. The SMILES string of the molecule is CC1CCC(C2CCC(O)C2C)CC1C. The van der Waals surface area contributed by atoms with E-state index in [9.17, 15) is 5.11 Å². The van der Waals surface area contributed by atoms with Gasteiger partial charge in [-0.05, 0) is 55.3 Å². The molecule has 0 radical (unpaired) electrons. The molecule has 2 aliphatic rings. The number of rotatable bonds is 1. The lowest BCUT2D eigenvalue weighted by Gasteiger charge is -2.37. The Hall–Kier alpha value is -0.0400. The highest BCUT2D eigenvalue weighted by Crippen LogP contribution is 2.45. The molecule has 6 atom stereocenters. The second-order valence-corrected chi connectivity index (χ2v) is 6.20. The Balaban J connectivity index is 1.94. The summed E-state index contributed by atoms with van der Waals surface area (Å²) in [7, 11) is 0. The molecule has 0 aromatic carbocycles. The van der Waals surface area contributed by atoms with Gasteiger partial charge in [-0.2, -0.15) is 0 Å². The van der Waals surface area contributed by atoms with E-state index >= 15 is 0 Å². The summed E-state index contributed by atoms with van der Waals surface area (Å²) in [6, 6.07) is 0. The van der Waals surface area contributed by atoms with Gasteiger partial charge in [-0.1, -0.05) is 27.2 Å². The Kier molecular flexibility index (Phi) is 3.39. The second kappa shape index (κ2) is 4.45. The average Bonchev–Trinajstić information content (AvgIpc) is 2.53. The van der Waals surface area contributed by atoms with Gasteiger partial charge in [0.25, 0.3) is 0 Å². The summed E-state index contributed by atoms with van der Waals surface area (Å²) in [5, 5.41) is 9.82. The quantitative estimate of drug-likeness (QED) is 0.702. The average molecular weight is 210 g/mol. The lowest BCUT2D eigenvalue weighted by molar-refractivity contribution is 0.0873. The zero-order valence-electron chi connectivity index (χ0n) is 10.4. The predicted molar refractivity (Wildman–Crippen MR) is 63.6 cm³/mol. The van der Waals surface area contributed by atoms with Gasteiger partial charge in [-0.3, -0.25) is 0 Å². The number of aliphatic hydroxyl groups is 1. The molecule has 2 rings (SSSR count). The van der Waals surface area contributed by atoms with Gasteiger partial charge in [-0.25, -0.2) is 0 Å². The van der Waals surface area contributed by atoms with E-state index in [0.717, 1.165) is 30.1 Å². The molecule has 0 amide bonds. The van der Waals surface area contributed by atoms with E-state index in [1.165, 1.54) is 25.7 Å². The van der Waals surface area contributed by atoms with E-state index in [1.807, 2.05) is 0 Å². The van der Waals surface area contributed by atoms with Crippen molar-refractivity contribution in [3.8, 4) is 0 Å². The van der Waals surface area contributed by atoms with Crippen LogP contribution in [0.1, 0.15) is 52.9 Å². The van der Waals surface area contributed by atoms with Crippen LogP contribution in [0.15, 0.2) is 0 Å². The van der Waals surface area contributed by atoms with E-state index in [1.54, 1.807) is 0 Å². The van der Waals surface area contributed by atoms with Gasteiger partial charge >= 0.3 is 0 Å². The van der Waals surface area contributed by atoms with Crippen molar-refractivity contribution >= 4 is 0 Å². The molecule has 1 nitrogen and oxygen atoms in total. The third-order valence-electron chi connectivity index (χ3n) is 5.32. The third-order valence-corrected chi connectivity index (χ3v) is 5.32. The van der Waals surface area contributed by atoms with E-state index in [4.69, 9.17) is 0 Å². The highest BCUT2D eigenvalue weighted by molar-refractivity contribution is 4.89. The van der Waals surface area contributed by atoms with E-state index in [2.05, 4.69) is 20.8 Å². The maximum atomic E-state index is 9.82. The first-order valence-corrected chi connectivity index (χ1v) is 6.77. The number of aliphatic hydroxyl groups excluding tert-OH is 1. The van der Waals surface area contributed by atoms with E-state index in [0.29, 0.717) is 5.92 Å². The summed E-state index contributed by atoms with van der Waals surface area (Å²) >= 11 is 0. The van der Waals surface area contributed by atoms with Crippen molar-refractivity contribution in [2.45, 2.75) is 59.0 Å². The molecule has 2 fully saturated rings. The molecule has 6 unspecified atom stereocenters. The van der Waals surface area contributed by atoms with E-state index < -0.39 is 0 Å². The van der Waals surface area contributed by atoms with Crippen LogP contribution < -0.4 is 0 Å². The first kappa shape index (κ1) is 11.4. The molecule has 15 heavy (non-hydrogen) atoms. The summed E-state index contributed by atoms with van der Waals surface area (Å²) in [4.78, 5) is 0. The van der Waals surface area contributed by atoms with Crippen LogP contribution in [-0.4, -0.2) is 11.2 Å². The van der Waals surface area contributed by atoms with Crippen LogP contribution in [0.4, 0.5) is 0 Å². The van der Waals surface area contributed by atoms with Gasteiger partial charge in [0.15, 0.2) is 0 Å². The molecule has 88 valence electrons. The molecule has 0 aromatic heterocycles. The largest absolute Gasteiger partial charge is 0.393 e. The van der Waals surface area contributed by atoms with Crippen LogP contribution in [0.2, 0.25) is 0 Å². The number of hydrogen-bond donors (Lipinski definition) is 1. The Morgan fingerprint density at radius 3 is 2.13 bits per heavy atom. The van der Waals surface area contributed by atoms with Crippen molar-refractivity contribution in [2.24, 2.45) is 29.6 Å². The fourth-order valence-corrected chi connectivity index (χ4v) is 3.82. The minimum atomic E-state index is -0.00958. The summed E-state index contributed by atoms with van der Waals surface area (Å²) in [5.41, 5.74) is 0. The monoisotopic (exact) mass is 210 g/mol. The van der Waals surface area contributed by atoms with Gasteiger partial charge in [0.1, 0.15) is 0 Å². The molecule has 2 aliphatic carbocycles. The molecule has 0 heterocycles. The molecule has 0 spiro atoms. The lowest BCUT2D eigenvalue weighted by atomic mass is 9.69. The molecular weight excluding hydrogens is 184 g/mol. The lowest BCUT2D eigenvalue weighted by Crippen LogP contribution is -2.29. The fraction of sp³-hybridized carbons (Fsp3) is 1.00.